The van der Waals surface area contributed by atoms with Gasteiger partial charge in [-0.15, -0.1) is 0 Å². The minimum Gasteiger partial charge on any atom is -0.355 e. The van der Waals surface area contributed by atoms with Gasteiger partial charge < -0.3 is 14.3 Å². The van der Waals surface area contributed by atoms with Crippen LogP contribution in [0.2, 0.25) is 0 Å². The molecule has 0 fully saturated rings. The molecule has 0 saturated carbocycles. The molecule has 1 aromatic rings. The lowest BCUT2D eigenvalue weighted by Crippen LogP contribution is -2.35. The Morgan fingerprint density at radius 3 is 2.21 bits per heavy atom. The van der Waals surface area contributed by atoms with Gasteiger partial charge in [0, 0.05) is 26.6 Å². The van der Waals surface area contributed by atoms with Crippen molar-refractivity contribution in [3.05, 3.63) is 35.9 Å². The third kappa shape index (κ3) is 3.98. The fraction of sp³-hybridized carbons (Fsp3) is 0.467. The second-order valence-electron chi connectivity index (χ2n) is 4.40. The first kappa shape index (κ1) is 15.5. The lowest BCUT2D eigenvalue weighted by atomic mass is 9.81. The van der Waals surface area contributed by atoms with E-state index in [1.807, 2.05) is 30.3 Å². The zero-order chi connectivity index (χ0) is 14.3. The van der Waals surface area contributed by atoms with Crippen molar-refractivity contribution in [2.24, 2.45) is 5.92 Å². The Balaban J connectivity index is 3.12. The molecule has 0 amide bonds. The van der Waals surface area contributed by atoms with E-state index in [1.165, 1.54) is 21.1 Å². The predicted molar refractivity (Wildman–Crippen MR) is 71.8 cm³/mol. The molecule has 0 saturated heterocycles. The molecule has 2 unspecified atom stereocenters. The fourth-order valence-electron chi connectivity index (χ4n) is 2.35. The lowest BCUT2D eigenvalue weighted by Gasteiger charge is -2.29. The van der Waals surface area contributed by atoms with Gasteiger partial charge in [-0.1, -0.05) is 30.3 Å². The van der Waals surface area contributed by atoms with Crippen molar-refractivity contribution >= 4 is 12.1 Å². The summed E-state index contributed by atoms with van der Waals surface area (Å²) in [5, 5.41) is 0. The zero-order valence-electron chi connectivity index (χ0n) is 11.5. The predicted octanol–water partition coefficient (Wildman–Crippen LogP) is 2.18. The molecule has 0 aliphatic rings. The van der Waals surface area contributed by atoms with Crippen LogP contribution < -0.4 is 0 Å². The molecule has 4 heteroatoms. The number of carbonyl (C=O) groups excluding carboxylic acids is 2. The van der Waals surface area contributed by atoms with Crippen molar-refractivity contribution in [3.63, 3.8) is 0 Å². The summed E-state index contributed by atoms with van der Waals surface area (Å²) in [4.78, 5) is 22.8. The summed E-state index contributed by atoms with van der Waals surface area (Å²) in [6, 6.07) is 9.49. The van der Waals surface area contributed by atoms with Crippen molar-refractivity contribution in [2.45, 2.75) is 25.6 Å². The summed E-state index contributed by atoms with van der Waals surface area (Å²) >= 11 is 0. The Morgan fingerprint density at radius 2 is 1.79 bits per heavy atom. The van der Waals surface area contributed by atoms with Gasteiger partial charge in [0.2, 0.25) is 0 Å². The number of aldehydes is 1. The number of ketones is 1. The van der Waals surface area contributed by atoms with Crippen LogP contribution in [0.3, 0.4) is 0 Å². The molecule has 1 rings (SSSR count). The van der Waals surface area contributed by atoms with Crippen molar-refractivity contribution in [2.75, 3.05) is 14.2 Å². The Bertz CT molecular complexity index is 398. The molecule has 4 nitrogen and oxygen atoms in total. The maximum atomic E-state index is 11.9. The molecular weight excluding hydrogens is 244 g/mol. The Morgan fingerprint density at radius 1 is 1.21 bits per heavy atom. The van der Waals surface area contributed by atoms with Gasteiger partial charge in [0.1, 0.15) is 12.1 Å². The van der Waals surface area contributed by atoms with Crippen molar-refractivity contribution in [3.8, 4) is 0 Å². The van der Waals surface area contributed by atoms with Crippen LogP contribution in [0.5, 0.6) is 0 Å². The fourth-order valence-corrected chi connectivity index (χ4v) is 2.35. The minimum atomic E-state index is -0.650. The molecule has 0 heterocycles. The highest BCUT2D eigenvalue weighted by Crippen LogP contribution is 2.32. The summed E-state index contributed by atoms with van der Waals surface area (Å²) < 4.78 is 10.4. The molecular formula is C15H20O4. The van der Waals surface area contributed by atoms with Gasteiger partial charge in [0.05, 0.1) is 5.92 Å². The van der Waals surface area contributed by atoms with E-state index in [0.717, 1.165) is 11.8 Å². The van der Waals surface area contributed by atoms with E-state index in [0.29, 0.717) is 0 Å². The largest absolute Gasteiger partial charge is 0.355 e. The van der Waals surface area contributed by atoms with E-state index in [4.69, 9.17) is 9.47 Å². The molecule has 0 aliphatic heterocycles. The molecule has 2 atom stereocenters. The molecule has 104 valence electrons. The molecule has 0 aliphatic carbocycles. The van der Waals surface area contributed by atoms with E-state index in [1.54, 1.807) is 0 Å². The number of methoxy groups -OCH3 is 2. The Labute approximate surface area is 113 Å². The van der Waals surface area contributed by atoms with Crippen LogP contribution in [0, 0.1) is 5.92 Å². The van der Waals surface area contributed by atoms with Crippen LogP contribution >= 0.6 is 0 Å². The molecule has 19 heavy (non-hydrogen) atoms. The number of hydrogen-bond acceptors (Lipinski definition) is 4. The van der Waals surface area contributed by atoms with Gasteiger partial charge in [0.15, 0.2) is 6.29 Å². The highest BCUT2D eigenvalue weighted by molar-refractivity contribution is 5.80. The number of rotatable bonds is 8. The minimum absolute atomic E-state index is 0.0515. The van der Waals surface area contributed by atoms with Crippen molar-refractivity contribution in [1.82, 2.24) is 0 Å². The van der Waals surface area contributed by atoms with Gasteiger partial charge in [-0.05, 0) is 12.5 Å². The van der Waals surface area contributed by atoms with Crippen molar-refractivity contribution in [1.29, 1.82) is 0 Å². The average Bonchev–Trinajstić information content (AvgIpc) is 2.43. The molecule has 0 radical (unpaired) electrons. The number of ether oxygens (including phenoxy) is 2. The highest BCUT2D eigenvalue weighted by atomic mass is 16.7. The summed E-state index contributed by atoms with van der Waals surface area (Å²) in [5.74, 6) is -0.784. The first-order valence-corrected chi connectivity index (χ1v) is 6.20. The van der Waals surface area contributed by atoms with Crippen LogP contribution in [-0.4, -0.2) is 32.6 Å². The smallest absolute Gasteiger partial charge is 0.167 e. The second-order valence-corrected chi connectivity index (χ2v) is 4.40. The number of Topliss-reactive ketones (excluding diaryl/α,β-unsaturated/α-hetero) is 1. The van der Waals surface area contributed by atoms with E-state index >= 15 is 0 Å². The molecule has 1 aromatic carbocycles. The van der Waals surface area contributed by atoms with E-state index in [-0.39, 0.29) is 18.1 Å². The van der Waals surface area contributed by atoms with Gasteiger partial charge >= 0.3 is 0 Å². The molecule has 0 spiro atoms. The summed E-state index contributed by atoms with van der Waals surface area (Å²) in [5.41, 5.74) is 0.939. The van der Waals surface area contributed by atoms with Crippen LogP contribution in [0.1, 0.15) is 24.8 Å². The van der Waals surface area contributed by atoms with Crippen LogP contribution in [0.15, 0.2) is 30.3 Å². The number of benzene rings is 1. The normalized spacial score (nSPS) is 14.1. The first-order valence-electron chi connectivity index (χ1n) is 6.20. The van der Waals surface area contributed by atoms with E-state index < -0.39 is 12.2 Å². The first-order chi connectivity index (χ1) is 9.15. The van der Waals surface area contributed by atoms with Crippen LogP contribution in [0.25, 0.3) is 0 Å². The third-order valence-corrected chi connectivity index (χ3v) is 3.24. The number of carbonyl (C=O) groups is 2. The standard InChI is InChI=1S/C15H20O4/c1-11(17)14(15(18-2)19-3)13(9-10-16)12-7-5-4-6-8-12/h4-8,10,13-15H,9H2,1-3H3. The molecule has 0 aromatic heterocycles. The highest BCUT2D eigenvalue weighted by Gasteiger charge is 2.34. The monoisotopic (exact) mass is 264 g/mol. The van der Waals surface area contributed by atoms with E-state index in [9.17, 15) is 9.59 Å². The topological polar surface area (TPSA) is 52.6 Å². The average molecular weight is 264 g/mol. The molecule has 0 bridgehead atoms. The zero-order valence-corrected chi connectivity index (χ0v) is 11.5. The van der Waals surface area contributed by atoms with Gasteiger partial charge in [-0.3, -0.25) is 4.79 Å². The Hall–Kier alpha value is -1.52. The second kappa shape index (κ2) is 7.81. The number of hydrogen-bond donors (Lipinski definition) is 0. The van der Waals surface area contributed by atoms with E-state index in [2.05, 4.69) is 0 Å². The van der Waals surface area contributed by atoms with Gasteiger partial charge in [0.25, 0.3) is 0 Å². The maximum Gasteiger partial charge on any atom is 0.167 e. The lowest BCUT2D eigenvalue weighted by molar-refractivity contribution is -0.159. The summed E-state index contributed by atoms with van der Waals surface area (Å²) in [6.07, 6.45) is 0.440. The summed E-state index contributed by atoms with van der Waals surface area (Å²) in [6.45, 7) is 1.50. The Kier molecular flexibility index (Phi) is 6.39. The third-order valence-electron chi connectivity index (χ3n) is 3.24. The van der Waals surface area contributed by atoms with Crippen LogP contribution in [-0.2, 0) is 19.1 Å². The maximum absolute atomic E-state index is 11.9. The SMILES string of the molecule is COC(OC)C(C(C)=O)C(CC=O)c1ccccc1. The van der Waals surface area contributed by atoms with Crippen LogP contribution in [0.4, 0.5) is 0 Å². The summed E-state index contributed by atoms with van der Waals surface area (Å²) in [7, 11) is 2.99. The quantitative estimate of drug-likeness (QED) is 0.533. The van der Waals surface area contributed by atoms with Crippen molar-refractivity contribution < 1.29 is 19.1 Å². The van der Waals surface area contributed by atoms with Gasteiger partial charge in [-0.25, -0.2) is 0 Å². The van der Waals surface area contributed by atoms with Gasteiger partial charge in [-0.2, -0.15) is 0 Å². The molecule has 0 N–H and O–H groups in total.